The SMILES string of the molecule is Cc1cc(C(NN)c2cccc3cccnc23)nn1C. The van der Waals surface area contributed by atoms with Gasteiger partial charge in [-0.1, -0.05) is 24.3 Å². The molecule has 0 radical (unpaired) electrons. The Labute approximate surface area is 117 Å². The van der Waals surface area contributed by atoms with E-state index in [0.29, 0.717) is 0 Å². The fourth-order valence-corrected chi connectivity index (χ4v) is 2.42. The molecule has 0 aliphatic heterocycles. The van der Waals surface area contributed by atoms with Gasteiger partial charge in [0.25, 0.3) is 0 Å². The zero-order valence-electron chi connectivity index (χ0n) is 11.5. The Morgan fingerprint density at radius 1 is 1.25 bits per heavy atom. The predicted octanol–water partition coefficient (Wildman–Crippen LogP) is 1.83. The average Bonchev–Trinajstić information content (AvgIpc) is 2.79. The van der Waals surface area contributed by atoms with Crippen molar-refractivity contribution in [3.05, 3.63) is 59.5 Å². The van der Waals surface area contributed by atoms with Crippen LogP contribution in [0.15, 0.2) is 42.6 Å². The van der Waals surface area contributed by atoms with Gasteiger partial charge < -0.3 is 0 Å². The van der Waals surface area contributed by atoms with Gasteiger partial charge >= 0.3 is 0 Å². The first kappa shape index (κ1) is 12.8. The second kappa shape index (κ2) is 5.03. The van der Waals surface area contributed by atoms with E-state index in [-0.39, 0.29) is 6.04 Å². The van der Waals surface area contributed by atoms with E-state index in [1.807, 2.05) is 55.1 Å². The standard InChI is InChI=1S/C15H17N5/c1-10-9-13(19-20(10)2)15(18-16)12-7-3-5-11-6-4-8-17-14(11)12/h3-9,15,18H,16H2,1-2H3. The monoisotopic (exact) mass is 267 g/mol. The Morgan fingerprint density at radius 2 is 2.05 bits per heavy atom. The lowest BCUT2D eigenvalue weighted by Crippen LogP contribution is -2.29. The molecule has 3 rings (SSSR count). The fourth-order valence-electron chi connectivity index (χ4n) is 2.42. The lowest BCUT2D eigenvalue weighted by Gasteiger charge is -2.15. The third-order valence-corrected chi connectivity index (χ3v) is 3.57. The van der Waals surface area contributed by atoms with Crippen molar-refractivity contribution in [3.63, 3.8) is 0 Å². The summed E-state index contributed by atoms with van der Waals surface area (Å²) < 4.78 is 1.85. The topological polar surface area (TPSA) is 68.8 Å². The largest absolute Gasteiger partial charge is 0.273 e. The van der Waals surface area contributed by atoms with Gasteiger partial charge in [-0.25, -0.2) is 5.43 Å². The molecule has 0 spiro atoms. The third-order valence-electron chi connectivity index (χ3n) is 3.57. The highest BCUT2D eigenvalue weighted by Crippen LogP contribution is 2.26. The van der Waals surface area contributed by atoms with Crippen LogP contribution < -0.4 is 11.3 Å². The number of aryl methyl sites for hydroxylation is 2. The zero-order chi connectivity index (χ0) is 14.1. The number of aromatic nitrogens is 3. The van der Waals surface area contributed by atoms with Crippen molar-refractivity contribution in [1.29, 1.82) is 0 Å². The number of nitrogens with one attached hydrogen (secondary N) is 1. The maximum Gasteiger partial charge on any atom is 0.0921 e. The Bertz CT molecular complexity index is 722. The van der Waals surface area contributed by atoms with E-state index in [2.05, 4.69) is 15.5 Å². The van der Waals surface area contributed by atoms with Gasteiger partial charge in [0.05, 0.1) is 17.3 Å². The molecule has 5 nitrogen and oxygen atoms in total. The van der Waals surface area contributed by atoms with Crippen molar-refractivity contribution in [1.82, 2.24) is 20.2 Å². The lowest BCUT2D eigenvalue weighted by molar-refractivity contribution is 0.604. The molecule has 0 saturated heterocycles. The van der Waals surface area contributed by atoms with E-state index in [0.717, 1.165) is 27.9 Å². The summed E-state index contributed by atoms with van der Waals surface area (Å²) in [6, 6.07) is 11.9. The number of hydrazine groups is 1. The van der Waals surface area contributed by atoms with Gasteiger partial charge in [0.2, 0.25) is 0 Å². The van der Waals surface area contributed by atoms with Gasteiger partial charge in [0.1, 0.15) is 0 Å². The van der Waals surface area contributed by atoms with Crippen LogP contribution in [0, 0.1) is 6.92 Å². The maximum atomic E-state index is 5.76. The number of pyridine rings is 1. The van der Waals surface area contributed by atoms with E-state index < -0.39 is 0 Å². The van der Waals surface area contributed by atoms with Crippen molar-refractivity contribution < 1.29 is 0 Å². The highest BCUT2D eigenvalue weighted by Gasteiger charge is 2.19. The number of fused-ring (bicyclic) bond motifs is 1. The van der Waals surface area contributed by atoms with Gasteiger partial charge in [0.15, 0.2) is 0 Å². The van der Waals surface area contributed by atoms with Crippen LogP contribution in [0.1, 0.15) is 23.0 Å². The van der Waals surface area contributed by atoms with Crippen LogP contribution in [0.3, 0.4) is 0 Å². The van der Waals surface area contributed by atoms with Crippen LogP contribution >= 0.6 is 0 Å². The molecule has 1 atom stereocenters. The Balaban J connectivity index is 2.16. The van der Waals surface area contributed by atoms with Gasteiger partial charge in [-0.05, 0) is 19.1 Å². The molecule has 0 amide bonds. The smallest absolute Gasteiger partial charge is 0.0921 e. The highest BCUT2D eigenvalue weighted by molar-refractivity contribution is 5.82. The number of nitrogens with zero attached hydrogens (tertiary/aromatic N) is 3. The second-order valence-corrected chi connectivity index (χ2v) is 4.86. The van der Waals surface area contributed by atoms with Crippen LogP contribution in [-0.2, 0) is 7.05 Å². The molecular weight excluding hydrogens is 250 g/mol. The molecule has 102 valence electrons. The Hall–Kier alpha value is -2.24. The van der Waals surface area contributed by atoms with Crippen molar-refractivity contribution >= 4 is 10.9 Å². The quantitative estimate of drug-likeness (QED) is 0.561. The maximum absolute atomic E-state index is 5.76. The summed E-state index contributed by atoms with van der Waals surface area (Å²) >= 11 is 0. The minimum Gasteiger partial charge on any atom is -0.273 e. The first-order valence-electron chi connectivity index (χ1n) is 6.51. The van der Waals surface area contributed by atoms with E-state index >= 15 is 0 Å². The molecule has 0 bridgehead atoms. The third kappa shape index (κ3) is 2.07. The number of rotatable bonds is 3. The zero-order valence-corrected chi connectivity index (χ0v) is 11.5. The Kier molecular flexibility index (Phi) is 3.22. The normalized spacial score (nSPS) is 12.8. The molecule has 0 aliphatic carbocycles. The van der Waals surface area contributed by atoms with Crippen LogP contribution in [0.2, 0.25) is 0 Å². The van der Waals surface area contributed by atoms with E-state index in [1.54, 1.807) is 6.20 Å². The molecule has 3 N–H and O–H groups in total. The second-order valence-electron chi connectivity index (χ2n) is 4.86. The molecule has 3 aromatic rings. The summed E-state index contributed by atoms with van der Waals surface area (Å²) in [5.74, 6) is 5.76. The summed E-state index contributed by atoms with van der Waals surface area (Å²) in [7, 11) is 1.92. The summed E-state index contributed by atoms with van der Waals surface area (Å²) in [6.07, 6.45) is 1.79. The number of hydrogen-bond donors (Lipinski definition) is 2. The Morgan fingerprint density at radius 3 is 2.75 bits per heavy atom. The van der Waals surface area contributed by atoms with Crippen LogP contribution in [0.25, 0.3) is 10.9 Å². The minimum atomic E-state index is -0.173. The molecule has 0 fully saturated rings. The van der Waals surface area contributed by atoms with Gasteiger partial charge in [-0.15, -0.1) is 0 Å². The number of benzene rings is 1. The van der Waals surface area contributed by atoms with Gasteiger partial charge in [-0.2, -0.15) is 5.10 Å². The summed E-state index contributed by atoms with van der Waals surface area (Å²) in [5.41, 5.74) is 6.81. The first-order valence-corrected chi connectivity index (χ1v) is 6.51. The number of nitrogens with two attached hydrogens (primary N) is 1. The van der Waals surface area contributed by atoms with Crippen LogP contribution in [0.5, 0.6) is 0 Å². The molecule has 1 unspecified atom stereocenters. The highest BCUT2D eigenvalue weighted by atomic mass is 15.3. The summed E-state index contributed by atoms with van der Waals surface area (Å²) in [5, 5.41) is 5.61. The van der Waals surface area contributed by atoms with E-state index in [1.165, 1.54) is 0 Å². The summed E-state index contributed by atoms with van der Waals surface area (Å²) in [6.45, 7) is 2.02. The van der Waals surface area contributed by atoms with Crippen molar-refractivity contribution in [3.8, 4) is 0 Å². The molecule has 5 heteroatoms. The number of hydrogen-bond acceptors (Lipinski definition) is 4. The van der Waals surface area contributed by atoms with Gasteiger partial charge in [0, 0.05) is 29.9 Å². The molecule has 0 saturated carbocycles. The van der Waals surface area contributed by atoms with E-state index in [4.69, 9.17) is 5.84 Å². The fraction of sp³-hybridized carbons (Fsp3) is 0.200. The molecule has 1 aromatic carbocycles. The van der Waals surface area contributed by atoms with Crippen LogP contribution in [0.4, 0.5) is 0 Å². The lowest BCUT2D eigenvalue weighted by atomic mass is 10.0. The van der Waals surface area contributed by atoms with E-state index in [9.17, 15) is 0 Å². The van der Waals surface area contributed by atoms with Crippen LogP contribution in [-0.4, -0.2) is 14.8 Å². The average molecular weight is 267 g/mol. The van der Waals surface area contributed by atoms with Gasteiger partial charge in [-0.3, -0.25) is 15.5 Å². The molecular formula is C15H17N5. The molecule has 20 heavy (non-hydrogen) atoms. The predicted molar refractivity (Wildman–Crippen MR) is 78.9 cm³/mol. The molecule has 2 aromatic heterocycles. The molecule has 0 aliphatic rings. The number of para-hydroxylation sites is 1. The van der Waals surface area contributed by atoms with Crippen molar-refractivity contribution in [2.45, 2.75) is 13.0 Å². The van der Waals surface area contributed by atoms with Crippen molar-refractivity contribution in [2.75, 3.05) is 0 Å². The summed E-state index contributed by atoms with van der Waals surface area (Å²) in [4.78, 5) is 4.47. The minimum absolute atomic E-state index is 0.173. The molecule has 2 heterocycles. The first-order chi connectivity index (χ1) is 9.70. The van der Waals surface area contributed by atoms with Crippen molar-refractivity contribution in [2.24, 2.45) is 12.9 Å².